The van der Waals surface area contributed by atoms with E-state index in [9.17, 15) is 14.4 Å². The number of fused-ring (bicyclic) bond motifs is 5. The highest BCUT2D eigenvalue weighted by molar-refractivity contribution is 6.22. The molecule has 3 aromatic carbocycles. The molecule has 162 valence electrons. The van der Waals surface area contributed by atoms with Crippen molar-refractivity contribution in [2.24, 2.45) is 23.7 Å². The third-order valence-electron chi connectivity index (χ3n) is 7.01. The van der Waals surface area contributed by atoms with Crippen molar-refractivity contribution in [3.8, 4) is 16.9 Å². The van der Waals surface area contributed by atoms with E-state index in [1.807, 2.05) is 48.5 Å². The smallest absolute Gasteiger partial charge is 0.343 e. The predicted octanol–water partition coefficient (Wildman–Crippen LogP) is 4.88. The summed E-state index contributed by atoms with van der Waals surface area (Å²) in [6, 6.07) is 23.6. The SMILES string of the molecule is O=C(Oc1ccccc1-c1ccccc1)c1ccc(N2C(=O)[C@@H]3[C@H](C2=O)[C@H]2C=C[C@H]3C2)cc1. The fraction of sp³-hybridized carbons (Fsp3) is 0.179. The number of para-hydroxylation sites is 1. The summed E-state index contributed by atoms with van der Waals surface area (Å²) in [6.45, 7) is 0. The van der Waals surface area contributed by atoms with E-state index in [0.717, 1.165) is 17.5 Å². The number of anilines is 1. The van der Waals surface area contributed by atoms with Crippen LogP contribution in [0.2, 0.25) is 0 Å². The Morgan fingerprint density at radius 2 is 1.36 bits per heavy atom. The van der Waals surface area contributed by atoms with Gasteiger partial charge in [0.1, 0.15) is 5.75 Å². The van der Waals surface area contributed by atoms with E-state index < -0.39 is 5.97 Å². The molecule has 1 saturated carbocycles. The second-order valence-corrected chi connectivity index (χ2v) is 8.81. The van der Waals surface area contributed by atoms with E-state index in [4.69, 9.17) is 4.74 Å². The van der Waals surface area contributed by atoms with E-state index in [-0.39, 0.29) is 35.5 Å². The van der Waals surface area contributed by atoms with Crippen LogP contribution in [0.5, 0.6) is 5.75 Å². The lowest BCUT2D eigenvalue weighted by Gasteiger charge is -2.17. The van der Waals surface area contributed by atoms with Crippen molar-refractivity contribution in [2.45, 2.75) is 6.42 Å². The molecule has 0 N–H and O–H groups in total. The van der Waals surface area contributed by atoms with Gasteiger partial charge in [0, 0.05) is 5.56 Å². The highest BCUT2D eigenvalue weighted by Gasteiger charge is 2.59. The summed E-state index contributed by atoms with van der Waals surface area (Å²) in [5.41, 5.74) is 2.63. The Labute approximate surface area is 191 Å². The molecule has 1 saturated heterocycles. The number of allylic oxidation sites excluding steroid dienone is 2. The van der Waals surface area contributed by atoms with Crippen LogP contribution in [0.25, 0.3) is 11.1 Å². The molecular formula is C28H21NO4. The summed E-state index contributed by atoms with van der Waals surface area (Å²) in [6.07, 6.45) is 5.05. The molecule has 2 amide bonds. The summed E-state index contributed by atoms with van der Waals surface area (Å²) < 4.78 is 5.70. The van der Waals surface area contributed by atoms with Gasteiger partial charge in [-0.05, 0) is 54.2 Å². The number of carbonyl (C=O) groups excluding carboxylic acids is 3. The highest BCUT2D eigenvalue weighted by Crippen LogP contribution is 2.53. The lowest BCUT2D eigenvalue weighted by atomic mass is 9.85. The zero-order chi connectivity index (χ0) is 22.5. The van der Waals surface area contributed by atoms with Crippen LogP contribution in [0.15, 0.2) is 91.0 Å². The fourth-order valence-electron chi connectivity index (χ4n) is 5.47. The van der Waals surface area contributed by atoms with E-state index in [2.05, 4.69) is 12.2 Å². The molecule has 6 rings (SSSR count). The zero-order valence-electron chi connectivity index (χ0n) is 17.8. The van der Waals surface area contributed by atoms with E-state index in [1.54, 1.807) is 30.3 Å². The third-order valence-corrected chi connectivity index (χ3v) is 7.01. The lowest BCUT2D eigenvalue weighted by Crippen LogP contribution is -2.32. The average molecular weight is 435 g/mol. The molecule has 2 bridgehead atoms. The molecule has 3 aliphatic rings. The lowest BCUT2D eigenvalue weighted by molar-refractivity contribution is -0.123. The van der Waals surface area contributed by atoms with Gasteiger partial charge in [-0.1, -0.05) is 60.7 Å². The minimum Gasteiger partial charge on any atom is -0.422 e. The van der Waals surface area contributed by atoms with Crippen molar-refractivity contribution in [3.05, 3.63) is 96.6 Å². The number of ether oxygens (including phenoxy) is 1. The van der Waals surface area contributed by atoms with Crippen LogP contribution in [0, 0.1) is 23.7 Å². The molecule has 0 unspecified atom stereocenters. The van der Waals surface area contributed by atoms with Crippen molar-refractivity contribution >= 4 is 23.5 Å². The largest absolute Gasteiger partial charge is 0.422 e. The summed E-state index contributed by atoms with van der Waals surface area (Å²) >= 11 is 0. The molecule has 5 nitrogen and oxygen atoms in total. The van der Waals surface area contributed by atoms with Crippen LogP contribution in [0.1, 0.15) is 16.8 Å². The Morgan fingerprint density at radius 3 is 2.03 bits per heavy atom. The zero-order valence-corrected chi connectivity index (χ0v) is 17.8. The molecule has 2 aliphatic carbocycles. The van der Waals surface area contributed by atoms with E-state index in [1.165, 1.54) is 4.90 Å². The molecule has 0 radical (unpaired) electrons. The Hall–Kier alpha value is -3.99. The van der Waals surface area contributed by atoms with Gasteiger partial charge in [-0.2, -0.15) is 0 Å². The number of amides is 2. The summed E-state index contributed by atoms with van der Waals surface area (Å²) in [7, 11) is 0. The summed E-state index contributed by atoms with van der Waals surface area (Å²) in [5, 5.41) is 0. The quantitative estimate of drug-likeness (QED) is 0.254. The molecule has 1 aliphatic heterocycles. The number of rotatable bonds is 4. The number of hydrogen-bond donors (Lipinski definition) is 0. The number of nitrogens with zero attached hydrogens (tertiary/aromatic N) is 1. The number of hydrogen-bond acceptors (Lipinski definition) is 4. The molecular weight excluding hydrogens is 414 g/mol. The number of benzene rings is 3. The molecule has 33 heavy (non-hydrogen) atoms. The second-order valence-electron chi connectivity index (χ2n) is 8.81. The molecule has 4 atom stereocenters. The van der Waals surface area contributed by atoms with Gasteiger partial charge in [0.15, 0.2) is 0 Å². The van der Waals surface area contributed by atoms with Crippen LogP contribution in [0.3, 0.4) is 0 Å². The first-order valence-electron chi connectivity index (χ1n) is 11.1. The van der Waals surface area contributed by atoms with E-state index in [0.29, 0.717) is 17.0 Å². The molecule has 0 aromatic heterocycles. The molecule has 3 aromatic rings. The topological polar surface area (TPSA) is 63.7 Å². The van der Waals surface area contributed by atoms with Crippen molar-refractivity contribution in [1.82, 2.24) is 0 Å². The Morgan fingerprint density at radius 1 is 0.758 bits per heavy atom. The van der Waals surface area contributed by atoms with Crippen LogP contribution < -0.4 is 9.64 Å². The normalized spacial score (nSPS) is 24.9. The monoisotopic (exact) mass is 435 g/mol. The Bertz CT molecular complexity index is 1260. The van der Waals surface area contributed by atoms with Crippen LogP contribution >= 0.6 is 0 Å². The minimum atomic E-state index is -0.497. The van der Waals surface area contributed by atoms with Gasteiger partial charge in [-0.15, -0.1) is 0 Å². The summed E-state index contributed by atoms with van der Waals surface area (Å²) in [4.78, 5) is 40.1. The van der Waals surface area contributed by atoms with Crippen molar-refractivity contribution in [1.29, 1.82) is 0 Å². The van der Waals surface area contributed by atoms with Gasteiger partial charge >= 0.3 is 5.97 Å². The highest BCUT2D eigenvalue weighted by atomic mass is 16.5. The van der Waals surface area contributed by atoms with Crippen LogP contribution in [-0.2, 0) is 9.59 Å². The fourth-order valence-corrected chi connectivity index (χ4v) is 5.47. The van der Waals surface area contributed by atoms with Crippen molar-refractivity contribution < 1.29 is 19.1 Å². The maximum atomic E-state index is 13.0. The van der Waals surface area contributed by atoms with Crippen LogP contribution in [0.4, 0.5) is 5.69 Å². The number of imide groups is 1. The number of esters is 1. The van der Waals surface area contributed by atoms with Crippen molar-refractivity contribution in [2.75, 3.05) is 4.90 Å². The second kappa shape index (κ2) is 7.55. The minimum absolute atomic E-state index is 0.131. The maximum absolute atomic E-state index is 13.0. The maximum Gasteiger partial charge on any atom is 0.343 e. The first kappa shape index (κ1) is 19.7. The third kappa shape index (κ3) is 3.11. The Balaban J connectivity index is 1.22. The first-order chi connectivity index (χ1) is 16.1. The van der Waals surface area contributed by atoms with Gasteiger partial charge < -0.3 is 4.74 Å². The number of carbonyl (C=O) groups is 3. The molecule has 2 fully saturated rings. The van der Waals surface area contributed by atoms with Gasteiger partial charge in [0.2, 0.25) is 11.8 Å². The van der Waals surface area contributed by atoms with Gasteiger partial charge in [-0.3, -0.25) is 14.5 Å². The van der Waals surface area contributed by atoms with Crippen molar-refractivity contribution in [3.63, 3.8) is 0 Å². The average Bonchev–Trinajstić information content (AvgIpc) is 3.54. The van der Waals surface area contributed by atoms with Gasteiger partial charge in [0.05, 0.1) is 23.1 Å². The van der Waals surface area contributed by atoms with Crippen LogP contribution in [-0.4, -0.2) is 17.8 Å². The molecule has 0 spiro atoms. The van der Waals surface area contributed by atoms with Gasteiger partial charge in [0.25, 0.3) is 0 Å². The molecule has 1 heterocycles. The standard InChI is InChI=1S/C28H21NO4/c30-26-24-19-10-11-20(16-19)25(24)27(31)29(26)21-14-12-18(13-15-21)28(32)33-23-9-5-4-8-22(23)17-6-2-1-3-7-17/h1-15,19-20,24-25H,16H2/t19-,20-,24-,25+/m0/s1. The predicted molar refractivity (Wildman–Crippen MR) is 123 cm³/mol. The first-order valence-corrected chi connectivity index (χ1v) is 11.1. The summed E-state index contributed by atoms with van der Waals surface area (Å²) in [5.74, 6) is -0.441. The molecule has 5 heteroatoms. The van der Waals surface area contributed by atoms with Gasteiger partial charge in [-0.25, -0.2) is 4.79 Å². The Kier molecular flexibility index (Phi) is 4.50. The van der Waals surface area contributed by atoms with E-state index >= 15 is 0 Å².